The largest absolute Gasteiger partial charge is 0.325 e. The molecule has 5 aromatic rings. The van der Waals surface area contributed by atoms with Gasteiger partial charge in [-0.3, -0.25) is 19.0 Å². The number of carbonyl (C=O) groups excluding carboxylic acids is 2. The van der Waals surface area contributed by atoms with Crippen molar-refractivity contribution >= 4 is 89.8 Å². The van der Waals surface area contributed by atoms with Crippen LogP contribution < -0.4 is 16.2 Å². The number of thioether (sulfide) groups is 2. The van der Waals surface area contributed by atoms with Gasteiger partial charge in [-0.1, -0.05) is 41.2 Å². The van der Waals surface area contributed by atoms with Crippen molar-refractivity contribution in [3.63, 3.8) is 0 Å². The summed E-state index contributed by atoms with van der Waals surface area (Å²) in [7, 11) is 1.72. The zero-order chi connectivity index (χ0) is 29.4. The molecule has 3 heterocycles. The standard InChI is InChI=1S/C30H29N5O3S4/c1-16-8-10-20(17(2)12-16)32-25(37)15-40-30-33-21-11-9-18(13-23(21)42-30)31-24(36)14-39-29-34-27-26(28(38)35(29)3)19-6-4-5-7-22(19)41-27/h8-13H,4-7,14-15H2,1-3H3,(H,31,36)(H,32,37). The highest BCUT2D eigenvalue weighted by molar-refractivity contribution is 8.01. The number of amides is 2. The molecule has 0 saturated carbocycles. The van der Waals surface area contributed by atoms with E-state index in [2.05, 4.69) is 15.6 Å². The first-order chi connectivity index (χ1) is 20.2. The quantitative estimate of drug-likeness (QED) is 0.147. The van der Waals surface area contributed by atoms with Crippen LogP contribution in [0.15, 0.2) is 50.7 Å². The molecule has 1 aliphatic rings. The van der Waals surface area contributed by atoms with E-state index in [-0.39, 0.29) is 28.9 Å². The lowest BCUT2D eigenvalue weighted by atomic mass is 9.97. The predicted molar refractivity (Wildman–Crippen MR) is 176 cm³/mol. The molecule has 2 amide bonds. The van der Waals surface area contributed by atoms with Crippen LogP contribution in [0.1, 0.15) is 34.4 Å². The topological polar surface area (TPSA) is 106 Å². The van der Waals surface area contributed by atoms with Gasteiger partial charge >= 0.3 is 0 Å². The van der Waals surface area contributed by atoms with E-state index in [0.29, 0.717) is 10.8 Å². The van der Waals surface area contributed by atoms with E-state index in [1.807, 2.05) is 50.2 Å². The van der Waals surface area contributed by atoms with Gasteiger partial charge in [0.25, 0.3) is 5.56 Å². The van der Waals surface area contributed by atoms with Crippen LogP contribution in [-0.4, -0.2) is 37.9 Å². The number of fused-ring (bicyclic) bond motifs is 4. The summed E-state index contributed by atoms with van der Waals surface area (Å²) >= 11 is 5.76. The first kappa shape index (κ1) is 28.9. The number of anilines is 2. The van der Waals surface area contributed by atoms with Gasteiger partial charge in [-0.25, -0.2) is 9.97 Å². The van der Waals surface area contributed by atoms with Gasteiger partial charge in [0.2, 0.25) is 11.8 Å². The number of benzene rings is 2. The van der Waals surface area contributed by atoms with Crippen LogP contribution in [0.3, 0.4) is 0 Å². The number of hydrogen-bond donors (Lipinski definition) is 2. The Kier molecular flexibility index (Phi) is 8.39. The first-order valence-corrected chi connectivity index (χ1v) is 17.2. The van der Waals surface area contributed by atoms with Crippen molar-refractivity contribution < 1.29 is 9.59 Å². The van der Waals surface area contributed by atoms with E-state index in [4.69, 9.17) is 4.98 Å². The number of thiophene rings is 1. The molecule has 2 aromatic carbocycles. The Morgan fingerprint density at radius 1 is 0.952 bits per heavy atom. The Morgan fingerprint density at radius 3 is 2.57 bits per heavy atom. The lowest BCUT2D eigenvalue weighted by Gasteiger charge is -2.11. The fourth-order valence-electron chi connectivity index (χ4n) is 5.03. The molecule has 0 fully saturated rings. The third-order valence-corrected chi connectivity index (χ3v) is 11.5. The third-order valence-electron chi connectivity index (χ3n) is 7.12. The molecule has 2 N–H and O–H groups in total. The molecular weight excluding hydrogens is 607 g/mol. The maximum atomic E-state index is 13.1. The Bertz CT molecular complexity index is 1910. The molecule has 0 bridgehead atoms. The summed E-state index contributed by atoms with van der Waals surface area (Å²) in [5.74, 6) is 0.126. The van der Waals surface area contributed by atoms with E-state index < -0.39 is 0 Å². The van der Waals surface area contributed by atoms with Crippen molar-refractivity contribution in [2.75, 3.05) is 22.1 Å². The minimum absolute atomic E-state index is 0.0330. The molecule has 3 aromatic heterocycles. The number of thiazole rings is 1. The lowest BCUT2D eigenvalue weighted by Crippen LogP contribution is -2.21. The average Bonchev–Trinajstić information content (AvgIpc) is 3.55. The third kappa shape index (κ3) is 6.12. The minimum Gasteiger partial charge on any atom is -0.325 e. The number of aromatic nitrogens is 3. The second kappa shape index (κ2) is 12.2. The zero-order valence-electron chi connectivity index (χ0n) is 23.4. The smallest absolute Gasteiger partial charge is 0.262 e. The summed E-state index contributed by atoms with van der Waals surface area (Å²) in [6.07, 6.45) is 4.21. The highest BCUT2D eigenvalue weighted by Gasteiger charge is 2.21. The van der Waals surface area contributed by atoms with Crippen LogP contribution in [0.25, 0.3) is 20.4 Å². The zero-order valence-corrected chi connectivity index (χ0v) is 26.7. The van der Waals surface area contributed by atoms with E-state index in [9.17, 15) is 14.4 Å². The van der Waals surface area contributed by atoms with E-state index in [1.54, 1.807) is 23.0 Å². The normalized spacial score (nSPS) is 12.9. The molecule has 42 heavy (non-hydrogen) atoms. The maximum Gasteiger partial charge on any atom is 0.262 e. The summed E-state index contributed by atoms with van der Waals surface area (Å²) in [6, 6.07) is 11.5. The van der Waals surface area contributed by atoms with Crippen molar-refractivity contribution in [3.8, 4) is 0 Å². The SMILES string of the molecule is Cc1ccc(NC(=O)CSc2nc3ccc(NC(=O)CSc4nc5sc6c(c5c(=O)n4C)CCCC6)cc3s2)c(C)c1. The second-order valence-corrected chi connectivity index (χ2v) is 14.6. The number of hydrogen-bond acceptors (Lipinski definition) is 9. The molecule has 0 aliphatic heterocycles. The Labute approximate surface area is 259 Å². The fraction of sp³-hybridized carbons (Fsp3) is 0.300. The molecule has 0 unspecified atom stereocenters. The summed E-state index contributed by atoms with van der Waals surface area (Å²) in [5.41, 5.74) is 5.63. The molecule has 6 rings (SSSR count). The Morgan fingerprint density at radius 2 is 1.74 bits per heavy atom. The predicted octanol–water partition coefficient (Wildman–Crippen LogP) is 6.56. The van der Waals surface area contributed by atoms with E-state index >= 15 is 0 Å². The van der Waals surface area contributed by atoms with E-state index in [1.165, 1.54) is 45.3 Å². The number of aryl methyl sites for hydroxylation is 4. The fourth-order valence-corrected chi connectivity index (χ4v) is 9.02. The van der Waals surface area contributed by atoms with Crippen LogP contribution >= 0.6 is 46.2 Å². The lowest BCUT2D eigenvalue weighted by molar-refractivity contribution is -0.114. The van der Waals surface area contributed by atoms with Gasteiger partial charge in [0.05, 0.1) is 27.1 Å². The average molecular weight is 636 g/mol. The molecule has 12 heteroatoms. The minimum atomic E-state index is -0.179. The summed E-state index contributed by atoms with van der Waals surface area (Å²) in [5, 5.41) is 7.21. The first-order valence-electron chi connectivity index (χ1n) is 13.6. The highest BCUT2D eigenvalue weighted by atomic mass is 32.2. The van der Waals surface area contributed by atoms with Crippen LogP contribution in [-0.2, 0) is 29.5 Å². The second-order valence-electron chi connectivity index (χ2n) is 10.3. The van der Waals surface area contributed by atoms with Crippen molar-refractivity contribution in [1.29, 1.82) is 0 Å². The molecule has 0 saturated heterocycles. The molecule has 0 radical (unpaired) electrons. The van der Waals surface area contributed by atoms with Gasteiger partial charge in [0.15, 0.2) is 9.50 Å². The van der Waals surface area contributed by atoms with Crippen LogP contribution in [0, 0.1) is 13.8 Å². The number of nitrogens with zero attached hydrogens (tertiary/aromatic N) is 3. The molecule has 216 valence electrons. The summed E-state index contributed by atoms with van der Waals surface area (Å²) in [4.78, 5) is 49.9. The van der Waals surface area contributed by atoms with Gasteiger partial charge in [-0.15, -0.1) is 22.7 Å². The van der Waals surface area contributed by atoms with Gasteiger partial charge in [0.1, 0.15) is 4.83 Å². The molecule has 1 aliphatic carbocycles. The number of nitrogens with one attached hydrogen (secondary N) is 2. The Balaban J connectivity index is 1.06. The number of rotatable bonds is 8. The van der Waals surface area contributed by atoms with Crippen LogP contribution in [0.5, 0.6) is 0 Å². The van der Waals surface area contributed by atoms with Gasteiger partial charge in [-0.2, -0.15) is 0 Å². The van der Waals surface area contributed by atoms with Crippen molar-refractivity contribution in [3.05, 3.63) is 68.3 Å². The molecule has 0 spiro atoms. The molecular formula is C30H29N5O3S4. The van der Waals surface area contributed by atoms with Gasteiger partial charge < -0.3 is 10.6 Å². The summed E-state index contributed by atoms with van der Waals surface area (Å²) < 4.78 is 3.28. The maximum absolute atomic E-state index is 13.1. The monoisotopic (exact) mass is 635 g/mol. The highest BCUT2D eigenvalue weighted by Crippen LogP contribution is 2.35. The van der Waals surface area contributed by atoms with E-state index in [0.717, 1.165) is 67.3 Å². The van der Waals surface area contributed by atoms with Crippen LogP contribution in [0.2, 0.25) is 0 Å². The van der Waals surface area contributed by atoms with Crippen LogP contribution in [0.4, 0.5) is 11.4 Å². The van der Waals surface area contributed by atoms with Gasteiger partial charge in [-0.05, 0) is 74.9 Å². The van der Waals surface area contributed by atoms with Gasteiger partial charge in [0, 0.05) is 23.3 Å². The summed E-state index contributed by atoms with van der Waals surface area (Å²) in [6.45, 7) is 4.00. The Hall–Kier alpha value is -3.19. The van der Waals surface area contributed by atoms with Crippen molar-refractivity contribution in [2.45, 2.75) is 49.0 Å². The van der Waals surface area contributed by atoms with Crippen molar-refractivity contribution in [2.24, 2.45) is 7.05 Å². The molecule has 0 atom stereocenters. The number of carbonyl (C=O) groups is 2. The van der Waals surface area contributed by atoms with Crippen molar-refractivity contribution in [1.82, 2.24) is 14.5 Å². The molecule has 8 nitrogen and oxygen atoms in total.